The van der Waals surface area contributed by atoms with Crippen molar-refractivity contribution in [3.05, 3.63) is 36.7 Å². The Labute approximate surface area is 125 Å². The number of rotatable bonds is 3. The second-order valence-electron chi connectivity index (χ2n) is 5.27. The molecule has 1 saturated heterocycles. The van der Waals surface area contributed by atoms with E-state index in [1.54, 1.807) is 12.4 Å². The summed E-state index contributed by atoms with van der Waals surface area (Å²) in [5.41, 5.74) is 8.52. The van der Waals surface area contributed by atoms with Gasteiger partial charge in [-0.15, -0.1) is 0 Å². The van der Waals surface area contributed by atoms with Crippen LogP contribution in [0.25, 0.3) is 11.3 Å². The SMILES string of the molecule is CCN1CCN(c2nccnc2-c2ccc(N)cc2)CC1. The van der Waals surface area contributed by atoms with Crippen LogP contribution in [0.4, 0.5) is 11.5 Å². The van der Waals surface area contributed by atoms with Gasteiger partial charge in [-0.05, 0) is 18.7 Å². The Balaban J connectivity index is 1.88. The van der Waals surface area contributed by atoms with E-state index in [9.17, 15) is 0 Å². The van der Waals surface area contributed by atoms with Crippen molar-refractivity contribution in [3.63, 3.8) is 0 Å². The molecule has 1 aliphatic heterocycles. The van der Waals surface area contributed by atoms with Crippen LogP contribution in [0, 0.1) is 0 Å². The molecule has 5 nitrogen and oxygen atoms in total. The van der Waals surface area contributed by atoms with E-state index in [4.69, 9.17) is 5.73 Å². The topological polar surface area (TPSA) is 58.3 Å². The number of hydrogen-bond acceptors (Lipinski definition) is 5. The summed E-state index contributed by atoms with van der Waals surface area (Å²) >= 11 is 0. The molecule has 5 heteroatoms. The average molecular weight is 283 g/mol. The first-order chi connectivity index (χ1) is 10.3. The lowest BCUT2D eigenvalue weighted by Crippen LogP contribution is -2.46. The van der Waals surface area contributed by atoms with Crippen molar-refractivity contribution in [1.82, 2.24) is 14.9 Å². The highest BCUT2D eigenvalue weighted by molar-refractivity contribution is 5.73. The van der Waals surface area contributed by atoms with Crippen molar-refractivity contribution in [3.8, 4) is 11.3 Å². The lowest BCUT2D eigenvalue weighted by atomic mass is 10.1. The Bertz CT molecular complexity index is 588. The summed E-state index contributed by atoms with van der Waals surface area (Å²) in [5, 5.41) is 0. The fraction of sp³-hybridized carbons (Fsp3) is 0.375. The number of nitrogen functional groups attached to an aromatic ring is 1. The van der Waals surface area contributed by atoms with E-state index in [-0.39, 0.29) is 0 Å². The van der Waals surface area contributed by atoms with E-state index < -0.39 is 0 Å². The van der Waals surface area contributed by atoms with Crippen molar-refractivity contribution in [2.45, 2.75) is 6.92 Å². The predicted molar refractivity (Wildman–Crippen MR) is 86.2 cm³/mol. The Hall–Kier alpha value is -2.14. The normalized spacial score (nSPS) is 16.1. The third-order valence-corrected chi connectivity index (χ3v) is 3.98. The Kier molecular flexibility index (Phi) is 4.01. The maximum Gasteiger partial charge on any atom is 0.155 e. The van der Waals surface area contributed by atoms with Gasteiger partial charge in [-0.2, -0.15) is 0 Å². The number of likely N-dealkylation sites (N-methyl/N-ethyl adjacent to an activating group) is 1. The van der Waals surface area contributed by atoms with Gasteiger partial charge in [-0.25, -0.2) is 4.98 Å². The molecule has 0 saturated carbocycles. The van der Waals surface area contributed by atoms with Crippen LogP contribution in [0.2, 0.25) is 0 Å². The smallest absolute Gasteiger partial charge is 0.155 e. The maximum absolute atomic E-state index is 5.76. The van der Waals surface area contributed by atoms with Crippen molar-refractivity contribution in [1.29, 1.82) is 0 Å². The number of benzene rings is 1. The standard InChI is InChI=1S/C16H21N5/c1-2-20-9-11-21(12-10-20)16-15(18-7-8-19-16)13-3-5-14(17)6-4-13/h3-8H,2,9-12,17H2,1H3. The number of nitrogens with two attached hydrogens (primary N) is 1. The predicted octanol–water partition coefficient (Wildman–Crippen LogP) is 1.87. The summed E-state index contributed by atoms with van der Waals surface area (Å²) in [4.78, 5) is 13.9. The minimum atomic E-state index is 0.765. The molecule has 3 rings (SSSR count). The quantitative estimate of drug-likeness (QED) is 0.871. The molecule has 0 bridgehead atoms. The van der Waals surface area contributed by atoms with Gasteiger partial charge in [-0.1, -0.05) is 19.1 Å². The molecular weight excluding hydrogens is 262 g/mol. The summed E-state index contributed by atoms with van der Waals surface area (Å²) in [7, 11) is 0. The summed E-state index contributed by atoms with van der Waals surface area (Å²) < 4.78 is 0. The first-order valence-electron chi connectivity index (χ1n) is 7.42. The Morgan fingerprint density at radius 2 is 1.67 bits per heavy atom. The van der Waals surface area contributed by atoms with E-state index in [1.807, 2.05) is 24.3 Å². The van der Waals surface area contributed by atoms with Crippen molar-refractivity contribution < 1.29 is 0 Å². The molecule has 1 aromatic carbocycles. The van der Waals surface area contributed by atoms with E-state index in [1.165, 1.54) is 0 Å². The van der Waals surface area contributed by atoms with Gasteiger partial charge >= 0.3 is 0 Å². The highest BCUT2D eigenvalue weighted by Crippen LogP contribution is 2.27. The number of aromatic nitrogens is 2. The average Bonchev–Trinajstić information content (AvgIpc) is 2.56. The molecule has 0 spiro atoms. The number of piperazine rings is 1. The van der Waals surface area contributed by atoms with E-state index in [2.05, 4.69) is 26.7 Å². The third-order valence-electron chi connectivity index (χ3n) is 3.98. The lowest BCUT2D eigenvalue weighted by molar-refractivity contribution is 0.270. The van der Waals surface area contributed by atoms with Gasteiger partial charge in [0.2, 0.25) is 0 Å². The minimum absolute atomic E-state index is 0.765. The number of nitrogens with zero attached hydrogens (tertiary/aromatic N) is 4. The molecule has 0 atom stereocenters. The van der Waals surface area contributed by atoms with Gasteiger partial charge in [0.25, 0.3) is 0 Å². The molecule has 2 aromatic rings. The summed E-state index contributed by atoms with van der Waals surface area (Å²) in [5.74, 6) is 0.970. The van der Waals surface area contributed by atoms with Gasteiger partial charge in [0, 0.05) is 49.8 Å². The molecule has 21 heavy (non-hydrogen) atoms. The van der Waals surface area contributed by atoms with Crippen LogP contribution < -0.4 is 10.6 Å². The van der Waals surface area contributed by atoms with Gasteiger partial charge in [0.05, 0.1) is 0 Å². The first-order valence-corrected chi connectivity index (χ1v) is 7.42. The van der Waals surface area contributed by atoms with Crippen molar-refractivity contribution >= 4 is 11.5 Å². The molecule has 0 radical (unpaired) electrons. The Morgan fingerprint density at radius 3 is 2.33 bits per heavy atom. The molecule has 1 fully saturated rings. The van der Waals surface area contributed by atoms with Crippen molar-refractivity contribution in [2.75, 3.05) is 43.4 Å². The first kappa shape index (κ1) is 13.8. The maximum atomic E-state index is 5.76. The zero-order valence-electron chi connectivity index (χ0n) is 12.4. The molecule has 0 unspecified atom stereocenters. The molecular formula is C16H21N5. The van der Waals surface area contributed by atoms with Crippen LogP contribution in [0.3, 0.4) is 0 Å². The zero-order valence-corrected chi connectivity index (χ0v) is 12.4. The van der Waals surface area contributed by atoms with Gasteiger partial charge in [0.1, 0.15) is 5.69 Å². The lowest BCUT2D eigenvalue weighted by Gasteiger charge is -2.35. The molecule has 0 aliphatic carbocycles. The monoisotopic (exact) mass is 283 g/mol. The number of hydrogen-bond donors (Lipinski definition) is 1. The largest absolute Gasteiger partial charge is 0.399 e. The fourth-order valence-electron chi connectivity index (χ4n) is 2.68. The van der Waals surface area contributed by atoms with Crippen LogP contribution >= 0.6 is 0 Å². The van der Waals surface area contributed by atoms with Gasteiger partial charge in [-0.3, -0.25) is 4.98 Å². The highest BCUT2D eigenvalue weighted by Gasteiger charge is 2.20. The van der Waals surface area contributed by atoms with E-state index >= 15 is 0 Å². The molecule has 2 N–H and O–H groups in total. The molecule has 1 aliphatic rings. The molecule has 110 valence electrons. The summed E-state index contributed by atoms with van der Waals surface area (Å²) in [6.45, 7) is 7.46. The number of anilines is 2. The summed E-state index contributed by atoms with van der Waals surface area (Å²) in [6, 6.07) is 7.82. The minimum Gasteiger partial charge on any atom is -0.399 e. The Morgan fingerprint density at radius 1 is 1.00 bits per heavy atom. The van der Waals surface area contributed by atoms with Gasteiger partial charge < -0.3 is 15.5 Å². The van der Waals surface area contributed by atoms with Crippen LogP contribution in [-0.4, -0.2) is 47.6 Å². The van der Waals surface area contributed by atoms with Crippen LogP contribution in [0.5, 0.6) is 0 Å². The molecule has 2 heterocycles. The molecule has 1 aromatic heterocycles. The molecule has 0 amide bonds. The second-order valence-corrected chi connectivity index (χ2v) is 5.27. The van der Waals surface area contributed by atoms with E-state index in [0.29, 0.717) is 0 Å². The van der Waals surface area contributed by atoms with Crippen molar-refractivity contribution in [2.24, 2.45) is 0 Å². The van der Waals surface area contributed by atoms with Crippen LogP contribution in [0.15, 0.2) is 36.7 Å². The zero-order chi connectivity index (χ0) is 14.7. The van der Waals surface area contributed by atoms with Crippen LogP contribution in [0.1, 0.15) is 6.92 Å². The van der Waals surface area contributed by atoms with Gasteiger partial charge in [0.15, 0.2) is 5.82 Å². The second kappa shape index (κ2) is 6.10. The van der Waals surface area contributed by atoms with Crippen LogP contribution in [-0.2, 0) is 0 Å². The third kappa shape index (κ3) is 2.97. The van der Waals surface area contributed by atoms with E-state index in [0.717, 1.165) is 55.5 Å². The summed E-state index contributed by atoms with van der Waals surface area (Å²) in [6.07, 6.45) is 3.51. The fourth-order valence-corrected chi connectivity index (χ4v) is 2.68. The highest BCUT2D eigenvalue weighted by atomic mass is 15.3.